The van der Waals surface area contributed by atoms with E-state index in [0.717, 1.165) is 24.4 Å². The van der Waals surface area contributed by atoms with Gasteiger partial charge in [0.1, 0.15) is 0 Å². The van der Waals surface area contributed by atoms with Crippen molar-refractivity contribution in [3.8, 4) is 0 Å². The highest BCUT2D eigenvalue weighted by atomic mass is 16.5. The molecule has 0 bridgehead atoms. The summed E-state index contributed by atoms with van der Waals surface area (Å²) in [5.74, 6) is 3.14. The molecular formula is C27H52O. The van der Waals surface area contributed by atoms with Gasteiger partial charge in [0, 0.05) is 6.61 Å². The molecule has 0 atom stereocenters. The minimum absolute atomic E-state index is 0.589. The molecule has 1 heteroatoms. The summed E-state index contributed by atoms with van der Waals surface area (Å²) in [5, 5.41) is 0. The molecular weight excluding hydrogens is 340 g/mol. The summed E-state index contributed by atoms with van der Waals surface area (Å²) in [6, 6.07) is 0. The molecule has 2 fully saturated rings. The van der Waals surface area contributed by atoms with Crippen LogP contribution in [0.5, 0.6) is 0 Å². The number of unbranched alkanes of at least 4 members (excludes halogenated alkanes) is 7. The van der Waals surface area contributed by atoms with Gasteiger partial charge in [0.05, 0.1) is 6.10 Å². The van der Waals surface area contributed by atoms with Crippen LogP contribution in [0, 0.1) is 17.8 Å². The van der Waals surface area contributed by atoms with Crippen LogP contribution < -0.4 is 0 Å². The molecule has 0 N–H and O–H groups in total. The van der Waals surface area contributed by atoms with Gasteiger partial charge >= 0.3 is 0 Å². The van der Waals surface area contributed by atoms with Crippen molar-refractivity contribution in [1.29, 1.82) is 0 Å². The Morgan fingerprint density at radius 2 is 0.964 bits per heavy atom. The van der Waals surface area contributed by atoms with Gasteiger partial charge < -0.3 is 4.74 Å². The van der Waals surface area contributed by atoms with Crippen LogP contribution in [0.25, 0.3) is 0 Å². The van der Waals surface area contributed by atoms with E-state index in [1.54, 1.807) is 0 Å². The fourth-order valence-electron chi connectivity index (χ4n) is 5.68. The van der Waals surface area contributed by atoms with Gasteiger partial charge in [0.15, 0.2) is 0 Å². The molecule has 28 heavy (non-hydrogen) atoms. The normalized spacial score (nSPS) is 28.5. The predicted octanol–water partition coefficient (Wildman–Crippen LogP) is 9.09. The molecule has 0 aromatic heterocycles. The quantitative estimate of drug-likeness (QED) is 0.252. The average Bonchev–Trinajstić information content (AvgIpc) is 2.74. The van der Waals surface area contributed by atoms with Crippen LogP contribution >= 0.6 is 0 Å². The summed E-state index contributed by atoms with van der Waals surface area (Å²) >= 11 is 0. The fourth-order valence-corrected chi connectivity index (χ4v) is 5.68. The molecule has 0 aliphatic heterocycles. The van der Waals surface area contributed by atoms with Gasteiger partial charge in [-0.05, 0) is 49.9 Å². The largest absolute Gasteiger partial charge is 0.378 e. The zero-order valence-electron chi connectivity index (χ0n) is 19.6. The minimum Gasteiger partial charge on any atom is -0.378 e. The molecule has 166 valence electrons. The first kappa shape index (κ1) is 24.2. The Morgan fingerprint density at radius 3 is 1.54 bits per heavy atom. The molecule has 0 aromatic rings. The van der Waals surface area contributed by atoms with E-state index in [9.17, 15) is 0 Å². The van der Waals surface area contributed by atoms with Crippen LogP contribution in [0.4, 0.5) is 0 Å². The molecule has 0 aromatic carbocycles. The first-order chi connectivity index (χ1) is 13.8. The second kappa shape index (κ2) is 15.8. The molecule has 0 saturated heterocycles. The van der Waals surface area contributed by atoms with Gasteiger partial charge in [-0.25, -0.2) is 0 Å². The van der Waals surface area contributed by atoms with E-state index in [4.69, 9.17) is 4.74 Å². The molecule has 2 aliphatic carbocycles. The van der Waals surface area contributed by atoms with Gasteiger partial charge in [-0.1, -0.05) is 110 Å². The molecule has 1 nitrogen and oxygen atoms in total. The molecule has 2 rings (SSSR count). The van der Waals surface area contributed by atoms with Crippen LogP contribution in [0.3, 0.4) is 0 Å². The van der Waals surface area contributed by atoms with Crippen LogP contribution in [0.1, 0.15) is 142 Å². The van der Waals surface area contributed by atoms with Gasteiger partial charge in [-0.3, -0.25) is 0 Å². The summed E-state index contributed by atoms with van der Waals surface area (Å²) < 4.78 is 6.14. The van der Waals surface area contributed by atoms with Crippen LogP contribution in [-0.2, 0) is 4.74 Å². The third kappa shape index (κ3) is 10.7. The zero-order valence-corrected chi connectivity index (χ0v) is 19.6. The molecule has 0 unspecified atom stereocenters. The van der Waals surface area contributed by atoms with E-state index >= 15 is 0 Å². The molecule has 0 spiro atoms. The molecule has 2 aliphatic rings. The summed E-state index contributed by atoms with van der Waals surface area (Å²) in [7, 11) is 0. The molecule has 0 radical (unpaired) electrons. The Hall–Kier alpha value is -0.0400. The molecule has 0 amide bonds. The fraction of sp³-hybridized carbons (Fsp3) is 1.00. The van der Waals surface area contributed by atoms with E-state index in [2.05, 4.69) is 13.8 Å². The van der Waals surface area contributed by atoms with Crippen molar-refractivity contribution in [1.82, 2.24) is 0 Å². The van der Waals surface area contributed by atoms with E-state index in [1.165, 1.54) is 128 Å². The maximum atomic E-state index is 6.14. The lowest BCUT2D eigenvalue weighted by atomic mass is 9.76. The Morgan fingerprint density at radius 1 is 0.500 bits per heavy atom. The Kier molecular flexibility index (Phi) is 13.6. The SMILES string of the molecule is CCCCCCC[C@H]1CC[C@H](CC[C@H]2CC[C@H](OCCCCCC)CC2)CC1. The highest BCUT2D eigenvalue weighted by molar-refractivity contribution is 4.77. The van der Waals surface area contributed by atoms with Crippen molar-refractivity contribution in [3.05, 3.63) is 0 Å². The topological polar surface area (TPSA) is 9.23 Å². The number of ether oxygens (including phenoxy) is 1. The smallest absolute Gasteiger partial charge is 0.0575 e. The summed E-state index contributed by atoms with van der Waals surface area (Å²) in [5.41, 5.74) is 0. The van der Waals surface area contributed by atoms with E-state index in [-0.39, 0.29) is 0 Å². The maximum absolute atomic E-state index is 6.14. The monoisotopic (exact) mass is 392 g/mol. The summed E-state index contributed by atoms with van der Waals surface area (Å²) in [6.45, 7) is 5.61. The number of hydrogen-bond donors (Lipinski definition) is 0. The van der Waals surface area contributed by atoms with Gasteiger partial charge in [-0.15, -0.1) is 0 Å². The van der Waals surface area contributed by atoms with Crippen molar-refractivity contribution < 1.29 is 4.74 Å². The van der Waals surface area contributed by atoms with Crippen molar-refractivity contribution in [3.63, 3.8) is 0 Å². The van der Waals surface area contributed by atoms with Crippen LogP contribution in [0.15, 0.2) is 0 Å². The molecule has 0 heterocycles. The lowest BCUT2D eigenvalue weighted by Gasteiger charge is -2.32. The lowest BCUT2D eigenvalue weighted by molar-refractivity contribution is 0.0145. The maximum Gasteiger partial charge on any atom is 0.0575 e. The van der Waals surface area contributed by atoms with Crippen molar-refractivity contribution in [2.24, 2.45) is 17.8 Å². The standard InChI is InChI=1S/C27H52O/c1-3-5-7-9-10-12-24-13-15-25(16-14-24)17-18-26-19-21-27(22-20-26)28-23-11-8-6-4-2/h24-27H,3-23H2,1-2H3/t24-,25-,26-,27-. The van der Waals surface area contributed by atoms with Crippen LogP contribution in [0.2, 0.25) is 0 Å². The van der Waals surface area contributed by atoms with Gasteiger partial charge in [-0.2, -0.15) is 0 Å². The average molecular weight is 393 g/mol. The third-order valence-corrected chi connectivity index (χ3v) is 7.81. The minimum atomic E-state index is 0.589. The Balaban J connectivity index is 1.44. The Bertz CT molecular complexity index is 302. The van der Waals surface area contributed by atoms with Gasteiger partial charge in [0.25, 0.3) is 0 Å². The van der Waals surface area contributed by atoms with Crippen molar-refractivity contribution >= 4 is 0 Å². The van der Waals surface area contributed by atoms with E-state index in [0.29, 0.717) is 6.10 Å². The van der Waals surface area contributed by atoms with Crippen molar-refractivity contribution in [2.75, 3.05) is 6.61 Å². The highest BCUT2D eigenvalue weighted by Crippen LogP contribution is 2.37. The third-order valence-electron chi connectivity index (χ3n) is 7.81. The summed E-state index contributed by atoms with van der Waals surface area (Å²) in [4.78, 5) is 0. The van der Waals surface area contributed by atoms with Crippen molar-refractivity contribution in [2.45, 2.75) is 148 Å². The molecule has 2 saturated carbocycles. The first-order valence-electron chi connectivity index (χ1n) is 13.4. The zero-order chi connectivity index (χ0) is 19.9. The lowest BCUT2D eigenvalue weighted by Crippen LogP contribution is -2.23. The van der Waals surface area contributed by atoms with Crippen LogP contribution in [-0.4, -0.2) is 12.7 Å². The van der Waals surface area contributed by atoms with E-state index in [1.807, 2.05) is 0 Å². The van der Waals surface area contributed by atoms with E-state index < -0.39 is 0 Å². The number of hydrogen-bond acceptors (Lipinski definition) is 1. The number of rotatable bonds is 15. The second-order valence-electron chi connectivity index (χ2n) is 10.2. The Labute approximate surface area is 177 Å². The first-order valence-corrected chi connectivity index (χ1v) is 13.4. The second-order valence-corrected chi connectivity index (χ2v) is 10.2. The summed E-state index contributed by atoms with van der Waals surface area (Å²) in [6.07, 6.45) is 29.4. The van der Waals surface area contributed by atoms with Gasteiger partial charge in [0.2, 0.25) is 0 Å². The highest BCUT2D eigenvalue weighted by Gasteiger charge is 2.24. The predicted molar refractivity (Wildman–Crippen MR) is 124 cm³/mol.